The van der Waals surface area contributed by atoms with E-state index in [1.54, 1.807) is 7.11 Å². The molecular formula is C12H10BrN3O. The van der Waals surface area contributed by atoms with Crippen LogP contribution in [0.5, 0.6) is 5.75 Å². The molecule has 2 rings (SSSR count). The molecule has 0 radical (unpaired) electrons. The van der Waals surface area contributed by atoms with Crippen molar-refractivity contribution in [2.24, 2.45) is 0 Å². The number of nitrogens with one attached hydrogen (secondary N) is 1. The molecular weight excluding hydrogens is 282 g/mol. The Morgan fingerprint density at radius 3 is 2.76 bits per heavy atom. The first-order chi connectivity index (χ1) is 8.15. The summed E-state index contributed by atoms with van der Waals surface area (Å²) in [5.74, 6) is 1.50. The Kier molecular flexibility index (Phi) is 3.16. The van der Waals surface area contributed by atoms with Crippen LogP contribution in [0.4, 0.5) is 0 Å². The van der Waals surface area contributed by atoms with Gasteiger partial charge in [0.1, 0.15) is 22.2 Å². The zero-order valence-corrected chi connectivity index (χ0v) is 11.0. The zero-order chi connectivity index (χ0) is 12.4. The Labute approximate surface area is 107 Å². The number of benzene rings is 1. The standard InChI is InChI=1S/C12H10BrN3O/c1-7-5-8(3-4-10(7)17-2)12-15-9(6-14)11(13)16-12/h3-5H,1-2H3,(H,15,16). The van der Waals surface area contributed by atoms with Gasteiger partial charge in [0.25, 0.3) is 0 Å². The van der Waals surface area contributed by atoms with Crippen LogP contribution in [0, 0.1) is 18.3 Å². The first kappa shape index (κ1) is 11.7. The smallest absolute Gasteiger partial charge is 0.173 e. The molecule has 0 saturated heterocycles. The molecule has 0 aliphatic carbocycles. The summed E-state index contributed by atoms with van der Waals surface area (Å²) in [6, 6.07) is 7.76. The number of hydrogen-bond donors (Lipinski definition) is 1. The van der Waals surface area contributed by atoms with Crippen molar-refractivity contribution in [2.45, 2.75) is 6.92 Å². The van der Waals surface area contributed by atoms with Gasteiger partial charge in [-0.3, -0.25) is 0 Å². The fourth-order valence-electron chi connectivity index (χ4n) is 1.59. The van der Waals surface area contributed by atoms with E-state index in [4.69, 9.17) is 10.00 Å². The molecule has 0 fully saturated rings. The third-order valence-corrected chi connectivity index (χ3v) is 3.01. The molecule has 86 valence electrons. The highest BCUT2D eigenvalue weighted by atomic mass is 79.9. The number of rotatable bonds is 2. The van der Waals surface area contributed by atoms with E-state index < -0.39 is 0 Å². The maximum atomic E-state index is 8.83. The maximum absolute atomic E-state index is 8.83. The van der Waals surface area contributed by atoms with Crippen molar-refractivity contribution in [1.82, 2.24) is 9.97 Å². The number of H-pyrrole nitrogens is 1. The predicted octanol–water partition coefficient (Wildman–Crippen LogP) is 3.03. The average molecular weight is 292 g/mol. The Bertz CT molecular complexity index is 598. The van der Waals surface area contributed by atoms with Gasteiger partial charge in [-0.15, -0.1) is 0 Å². The topological polar surface area (TPSA) is 61.7 Å². The Hall–Kier alpha value is -1.80. The van der Waals surface area contributed by atoms with Crippen LogP contribution in [0.25, 0.3) is 11.4 Å². The van der Waals surface area contributed by atoms with Crippen LogP contribution in [-0.2, 0) is 0 Å². The van der Waals surface area contributed by atoms with Gasteiger partial charge in [0.05, 0.1) is 7.11 Å². The summed E-state index contributed by atoms with van der Waals surface area (Å²) < 4.78 is 5.79. The second-order valence-corrected chi connectivity index (χ2v) is 4.34. The minimum Gasteiger partial charge on any atom is -0.496 e. The van der Waals surface area contributed by atoms with Gasteiger partial charge in [-0.1, -0.05) is 0 Å². The summed E-state index contributed by atoms with van der Waals surface area (Å²) in [7, 11) is 1.64. The Balaban J connectivity index is 2.47. The van der Waals surface area contributed by atoms with Crippen molar-refractivity contribution in [2.75, 3.05) is 7.11 Å². The molecule has 0 saturated carbocycles. The molecule has 0 amide bonds. The molecule has 0 bridgehead atoms. The number of aromatic nitrogens is 2. The van der Waals surface area contributed by atoms with Crippen LogP contribution in [0.3, 0.4) is 0 Å². The number of aromatic amines is 1. The maximum Gasteiger partial charge on any atom is 0.173 e. The van der Waals surface area contributed by atoms with Gasteiger partial charge >= 0.3 is 0 Å². The van der Waals surface area contributed by atoms with Crippen molar-refractivity contribution in [3.05, 3.63) is 34.1 Å². The molecule has 0 aliphatic rings. The molecule has 2 aromatic rings. The fourth-order valence-corrected chi connectivity index (χ4v) is 1.95. The minimum absolute atomic E-state index is 0.355. The molecule has 1 aromatic heterocycles. The second-order valence-electron chi connectivity index (χ2n) is 3.54. The van der Waals surface area contributed by atoms with Gasteiger partial charge < -0.3 is 9.72 Å². The van der Waals surface area contributed by atoms with E-state index in [0.29, 0.717) is 16.1 Å². The summed E-state index contributed by atoms with van der Waals surface area (Å²) in [5.41, 5.74) is 2.30. The number of methoxy groups -OCH3 is 1. The quantitative estimate of drug-likeness (QED) is 0.925. The highest BCUT2D eigenvalue weighted by Crippen LogP contribution is 2.26. The first-order valence-corrected chi connectivity index (χ1v) is 5.75. The lowest BCUT2D eigenvalue weighted by molar-refractivity contribution is 0.412. The van der Waals surface area contributed by atoms with E-state index in [9.17, 15) is 0 Å². The van der Waals surface area contributed by atoms with E-state index >= 15 is 0 Å². The third-order valence-electron chi connectivity index (χ3n) is 2.43. The van der Waals surface area contributed by atoms with Gasteiger partial charge in [-0.2, -0.15) is 5.26 Å². The molecule has 17 heavy (non-hydrogen) atoms. The van der Waals surface area contributed by atoms with Crippen LogP contribution < -0.4 is 4.74 Å². The molecule has 0 atom stereocenters. The normalized spacial score (nSPS) is 10.0. The van der Waals surface area contributed by atoms with Crippen molar-refractivity contribution in [1.29, 1.82) is 5.26 Å². The summed E-state index contributed by atoms with van der Waals surface area (Å²) >= 11 is 3.26. The molecule has 0 aliphatic heterocycles. The van der Waals surface area contributed by atoms with Gasteiger partial charge in [-0.05, 0) is 46.6 Å². The third kappa shape index (κ3) is 2.17. The predicted molar refractivity (Wildman–Crippen MR) is 67.7 cm³/mol. The Morgan fingerprint density at radius 2 is 2.24 bits per heavy atom. The molecule has 0 spiro atoms. The van der Waals surface area contributed by atoms with Gasteiger partial charge in [0, 0.05) is 5.56 Å². The van der Waals surface area contributed by atoms with Crippen molar-refractivity contribution in [3.63, 3.8) is 0 Å². The van der Waals surface area contributed by atoms with Crippen molar-refractivity contribution >= 4 is 15.9 Å². The van der Waals surface area contributed by atoms with Crippen LogP contribution >= 0.6 is 15.9 Å². The van der Waals surface area contributed by atoms with Gasteiger partial charge in [-0.25, -0.2) is 4.98 Å². The van der Waals surface area contributed by atoms with Crippen LogP contribution in [0.1, 0.15) is 11.3 Å². The number of imidazole rings is 1. The molecule has 1 N–H and O–H groups in total. The molecule has 0 unspecified atom stereocenters. The van der Waals surface area contributed by atoms with Gasteiger partial charge in [0.2, 0.25) is 0 Å². The van der Waals surface area contributed by atoms with Gasteiger partial charge in [0.15, 0.2) is 5.69 Å². The molecule has 1 aromatic carbocycles. The highest BCUT2D eigenvalue weighted by molar-refractivity contribution is 9.10. The van der Waals surface area contributed by atoms with E-state index in [-0.39, 0.29) is 0 Å². The Morgan fingerprint density at radius 1 is 1.47 bits per heavy atom. The molecule has 1 heterocycles. The summed E-state index contributed by atoms with van der Waals surface area (Å²) in [4.78, 5) is 7.21. The lowest BCUT2D eigenvalue weighted by Crippen LogP contribution is -1.88. The lowest BCUT2D eigenvalue weighted by atomic mass is 10.1. The number of nitrogens with zero attached hydrogens (tertiary/aromatic N) is 2. The second kappa shape index (κ2) is 4.60. The average Bonchev–Trinajstić information content (AvgIpc) is 2.70. The monoisotopic (exact) mass is 291 g/mol. The van der Waals surface area contributed by atoms with E-state index in [1.807, 2.05) is 31.2 Å². The number of aryl methyl sites for hydroxylation is 1. The lowest BCUT2D eigenvalue weighted by Gasteiger charge is -2.05. The van der Waals surface area contributed by atoms with Crippen LogP contribution in [0.2, 0.25) is 0 Å². The summed E-state index contributed by atoms with van der Waals surface area (Å²) in [6.45, 7) is 1.96. The van der Waals surface area contributed by atoms with Crippen LogP contribution in [0.15, 0.2) is 22.8 Å². The van der Waals surface area contributed by atoms with E-state index in [2.05, 4.69) is 25.9 Å². The number of hydrogen-bond acceptors (Lipinski definition) is 3. The molecule has 4 nitrogen and oxygen atoms in total. The number of ether oxygens (including phenoxy) is 1. The van der Waals surface area contributed by atoms with E-state index in [1.165, 1.54) is 0 Å². The number of nitriles is 1. The van der Waals surface area contributed by atoms with E-state index in [0.717, 1.165) is 16.9 Å². The highest BCUT2D eigenvalue weighted by Gasteiger charge is 2.10. The van der Waals surface area contributed by atoms with Crippen LogP contribution in [-0.4, -0.2) is 17.1 Å². The minimum atomic E-state index is 0.355. The van der Waals surface area contributed by atoms with Crippen molar-refractivity contribution in [3.8, 4) is 23.2 Å². The number of halogens is 1. The summed E-state index contributed by atoms with van der Waals surface area (Å²) in [6.07, 6.45) is 0. The largest absolute Gasteiger partial charge is 0.496 e. The SMILES string of the molecule is COc1ccc(-c2nc(C#N)c(Br)[nH]2)cc1C. The zero-order valence-electron chi connectivity index (χ0n) is 9.41. The van der Waals surface area contributed by atoms with Crippen molar-refractivity contribution < 1.29 is 4.74 Å². The first-order valence-electron chi connectivity index (χ1n) is 4.96. The molecule has 5 heteroatoms. The summed E-state index contributed by atoms with van der Waals surface area (Å²) in [5, 5.41) is 8.83. The fraction of sp³-hybridized carbons (Fsp3) is 0.167.